The van der Waals surface area contributed by atoms with Crippen LogP contribution in [0.5, 0.6) is 11.5 Å². The molecule has 2 aliphatic carbocycles. The standard InChI is InChI=1S/C53H59F2N3O7/c1-5-28-63-53-48(58(33-36-18-22-40(54)23-19-36)51(61)37-20-16-35(32-56)17-21-37)31-46(57-65-52(2,3)4)43-29-38(12-8-10-26-59)42(14-9-11-27-60)49(50(43)53)44-30-41(24-25-47(44)64-53)62-34-39-13-6-7-15-45(39)55/h5-7,13,15-25,29-30,38,42,48-50,59-60H,1,8-12,14,26-28,31,33-34H2,2-4H3. The van der Waals surface area contributed by atoms with Crippen molar-refractivity contribution >= 4 is 11.6 Å². The third-order valence-corrected chi connectivity index (χ3v) is 12.6. The Labute approximate surface area is 380 Å². The van der Waals surface area contributed by atoms with Gasteiger partial charge < -0.3 is 34.2 Å². The predicted molar refractivity (Wildman–Crippen MR) is 244 cm³/mol. The number of oxime groups is 1. The second-order valence-electron chi connectivity index (χ2n) is 18.1. The molecule has 0 radical (unpaired) electrons. The molecule has 12 heteroatoms. The van der Waals surface area contributed by atoms with Gasteiger partial charge in [0.1, 0.15) is 41.4 Å². The second kappa shape index (κ2) is 21.0. The lowest BCUT2D eigenvalue weighted by molar-refractivity contribution is -0.255. The van der Waals surface area contributed by atoms with Gasteiger partial charge in [-0.15, -0.1) is 6.58 Å². The number of ether oxygens (including phenoxy) is 3. The molecule has 0 aromatic heterocycles. The molecule has 2 N–H and O–H groups in total. The molecule has 0 saturated heterocycles. The normalized spacial score (nSPS) is 22.7. The Balaban J connectivity index is 1.48. The summed E-state index contributed by atoms with van der Waals surface area (Å²) in [5.74, 6) is -2.66. The SMILES string of the molecule is C=CCOC12Oc3ccc(OCc4ccccc4F)cc3C3C(CCCCO)C(CCCCO)C=C(C(=NOC(C)(C)C)CC1N(Cc1ccc(F)cc1)C(=O)c1ccc(C#N)cc1)C32. The number of amides is 1. The van der Waals surface area contributed by atoms with Gasteiger partial charge in [0.25, 0.3) is 5.91 Å². The maximum atomic E-state index is 15.3. The Kier molecular flexibility index (Phi) is 15.2. The van der Waals surface area contributed by atoms with Crippen molar-refractivity contribution in [1.82, 2.24) is 4.90 Å². The van der Waals surface area contributed by atoms with E-state index in [4.69, 9.17) is 24.2 Å². The number of halogens is 2. The van der Waals surface area contributed by atoms with Crippen LogP contribution in [0.25, 0.3) is 0 Å². The number of hydrogen-bond donors (Lipinski definition) is 2. The molecule has 65 heavy (non-hydrogen) atoms. The topological polar surface area (TPSA) is 134 Å². The Bertz CT molecular complexity index is 2390. The van der Waals surface area contributed by atoms with Crippen LogP contribution in [0.2, 0.25) is 0 Å². The summed E-state index contributed by atoms with van der Waals surface area (Å²) in [5.41, 5.74) is 3.46. The highest BCUT2D eigenvalue weighted by Gasteiger charge is 2.65. The zero-order chi connectivity index (χ0) is 46.1. The van der Waals surface area contributed by atoms with Crippen molar-refractivity contribution in [3.05, 3.63) is 155 Å². The number of nitriles is 1. The summed E-state index contributed by atoms with van der Waals surface area (Å²) in [6.07, 6.45) is 8.29. The third-order valence-electron chi connectivity index (χ3n) is 12.6. The quantitative estimate of drug-likeness (QED) is 0.0540. The lowest BCUT2D eigenvalue weighted by atomic mass is 9.55. The molecular formula is C53H59F2N3O7. The van der Waals surface area contributed by atoms with E-state index in [1.165, 1.54) is 18.2 Å². The van der Waals surface area contributed by atoms with E-state index in [9.17, 15) is 24.3 Å². The van der Waals surface area contributed by atoms with Crippen molar-refractivity contribution in [3.63, 3.8) is 0 Å². The summed E-state index contributed by atoms with van der Waals surface area (Å²) in [7, 11) is 0. The van der Waals surface area contributed by atoms with E-state index in [1.807, 2.05) is 32.9 Å². The fourth-order valence-electron chi connectivity index (χ4n) is 9.67. The van der Waals surface area contributed by atoms with E-state index in [1.54, 1.807) is 71.6 Å². The minimum Gasteiger partial charge on any atom is -0.489 e. The molecule has 1 heterocycles. The first kappa shape index (κ1) is 47.1. The van der Waals surface area contributed by atoms with E-state index >= 15 is 4.79 Å². The molecule has 0 spiro atoms. The lowest BCUT2D eigenvalue weighted by Gasteiger charge is -2.60. The van der Waals surface area contributed by atoms with Crippen LogP contribution in [-0.2, 0) is 22.7 Å². The van der Waals surface area contributed by atoms with E-state index in [0.29, 0.717) is 52.3 Å². The van der Waals surface area contributed by atoms with Gasteiger partial charge in [0.2, 0.25) is 5.79 Å². The van der Waals surface area contributed by atoms with Gasteiger partial charge in [-0.2, -0.15) is 5.26 Å². The highest BCUT2D eigenvalue weighted by molar-refractivity contribution is 6.03. The summed E-state index contributed by atoms with van der Waals surface area (Å²) in [6.45, 7) is 9.97. The fourth-order valence-corrected chi connectivity index (χ4v) is 9.67. The van der Waals surface area contributed by atoms with Crippen molar-refractivity contribution in [2.75, 3.05) is 19.8 Å². The number of carbonyl (C=O) groups excluding carboxylic acids is 1. The number of allylic oxidation sites excluding steroid dienone is 1. The maximum Gasteiger partial charge on any atom is 0.254 e. The minimum atomic E-state index is -1.57. The first-order valence-electron chi connectivity index (χ1n) is 22.6. The summed E-state index contributed by atoms with van der Waals surface area (Å²) < 4.78 is 50.0. The maximum absolute atomic E-state index is 15.3. The zero-order valence-corrected chi connectivity index (χ0v) is 37.4. The molecule has 4 aromatic rings. The number of benzene rings is 4. The van der Waals surface area contributed by atoms with Crippen molar-refractivity contribution in [2.45, 2.75) is 102 Å². The van der Waals surface area contributed by atoms with Gasteiger partial charge in [0, 0.05) is 48.8 Å². The van der Waals surface area contributed by atoms with Crippen LogP contribution >= 0.6 is 0 Å². The van der Waals surface area contributed by atoms with Gasteiger partial charge in [-0.3, -0.25) is 4.79 Å². The largest absolute Gasteiger partial charge is 0.489 e. The first-order chi connectivity index (χ1) is 31.4. The molecular weight excluding hydrogens is 829 g/mol. The molecule has 4 aromatic carbocycles. The molecule has 0 bridgehead atoms. The van der Waals surface area contributed by atoms with E-state index in [0.717, 1.165) is 36.8 Å². The van der Waals surface area contributed by atoms with Crippen LogP contribution in [0.3, 0.4) is 0 Å². The number of nitrogens with zero attached hydrogens (tertiary/aromatic N) is 3. The van der Waals surface area contributed by atoms with Crippen LogP contribution < -0.4 is 9.47 Å². The number of fused-ring (bicyclic) bond motifs is 2. The number of aliphatic hydroxyl groups is 2. The van der Waals surface area contributed by atoms with Crippen LogP contribution in [-0.4, -0.2) is 64.0 Å². The Hall–Kier alpha value is -5.87. The van der Waals surface area contributed by atoms with Gasteiger partial charge >= 0.3 is 0 Å². The van der Waals surface area contributed by atoms with Gasteiger partial charge in [0.15, 0.2) is 0 Å². The average molecular weight is 888 g/mol. The number of rotatable bonds is 19. The highest BCUT2D eigenvalue weighted by atomic mass is 19.1. The Morgan fingerprint density at radius 1 is 0.985 bits per heavy atom. The molecule has 10 nitrogen and oxygen atoms in total. The molecule has 1 aliphatic heterocycles. The van der Waals surface area contributed by atoms with Crippen molar-refractivity contribution in [2.24, 2.45) is 22.9 Å². The average Bonchev–Trinajstić information content (AvgIpc) is 3.30. The van der Waals surface area contributed by atoms with E-state index in [2.05, 4.69) is 18.7 Å². The monoisotopic (exact) mass is 887 g/mol. The molecule has 342 valence electrons. The van der Waals surface area contributed by atoms with Gasteiger partial charge in [-0.25, -0.2) is 8.78 Å². The van der Waals surface area contributed by atoms with E-state index in [-0.39, 0.29) is 68.9 Å². The minimum absolute atomic E-state index is 0.000483. The van der Waals surface area contributed by atoms with Gasteiger partial charge in [0.05, 0.1) is 29.9 Å². The molecule has 3 aliphatic rings. The first-order valence-corrected chi connectivity index (χ1v) is 22.6. The van der Waals surface area contributed by atoms with E-state index < -0.39 is 29.2 Å². The van der Waals surface area contributed by atoms with Gasteiger partial charge in [-0.1, -0.05) is 60.5 Å². The van der Waals surface area contributed by atoms with Crippen LogP contribution in [0.15, 0.2) is 120 Å². The van der Waals surface area contributed by atoms with Crippen molar-refractivity contribution < 1.29 is 42.8 Å². The molecule has 1 amide bonds. The number of hydrogen-bond acceptors (Lipinski definition) is 9. The highest BCUT2D eigenvalue weighted by Crippen LogP contribution is 2.62. The summed E-state index contributed by atoms with van der Waals surface area (Å²) in [4.78, 5) is 23.3. The Morgan fingerprint density at radius 3 is 2.38 bits per heavy atom. The molecule has 6 atom stereocenters. The molecule has 6 unspecified atom stereocenters. The van der Waals surface area contributed by atoms with Crippen LogP contribution in [0.4, 0.5) is 8.78 Å². The summed E-state index contributed by atoms with van der Waals surface area (Å²) in [5, 5.41) is 34.5. The number of unbranched alkanes of at least 4 members (excludes halogenated alkanes) is 2. The molecule has 1 fully saturated rings. The molecule has 7 rings (SSSR count). The van der Waals surface area contributed by atoms with Crippen molar-refractivity contribution in [1.29, 1.82) is 5.26 Å². The number of carbonyl (C=O) groups is 1. The summed E-state index contributed by atoms with van der Waals surface area (Å²) >= 11 is 0. The zero-order valence-electron chi connectivity index (χ0n) is 37.4. The molecule has 1 saturated carbocycles. The smallest absolute Gasteiger partial charge is 0.254 e. The third kappa shape index (κ3) is 10.7. The summed E-state index contributed by atoms with van der Waals surface area (Å²) in [6, 6.07) is 25.8. The van der Waals surface area contributed by atoms with Gasteiger partial charge in [-0.05, 0) is 130 Å². The Morgan fingerprint density at radius 2 is 1.71 bits per heavy atom. The van der Waals surface area contributed by atoms with Crippen molar-refractivity contribution in [3.8, 4) is 17.6 Å². The predicted octanol–water partition coefficient (Wildman–Crippen LogP) is 10.2. The second-order valence-corrected chi connectivity index (χ2v) is 18.1. The lowest BCUT2D eigenvalue weighted by Crippen LogP contribution is -2.70. The fraction of sp³-hybridized carbons (Fsp3) is 0.415. The van der Waals surface area contributed by atoms with Crippen LogP contribution in [0.1, 0.15) is 104 Å². The number of aliphatic hydroxyl groups excluding tert-OH is 2. The van der Waals surface area contributed by atoms with Crippen LogP contribution in [0, 0.1) is 40.7 Å².